The quantitative estimate of drug-likeness (QED) is 0.753. The summed E-state index contributed by atoms with van der Waals surface area (Å²) in [5, 5.41) is 0.513. The first-order valence-corrected chi connectivity index (χ1v) is 6.92. The molecule has 0 amide bonds. The van der Waals surface area contributed by atoms with Crippen LogP contribution in [0.3, 0.4) is 0 Å². The predicted octanol–water partition coefficient (Wildman–Crippen LogP) is 2.04. The smallest absolute Gasteiger partial charge is 0.293 e. The lowest BCUT2D eigenvalue weighted by Gasteiger charge is -2.22. The van der Waals surface area contributed by atoms with Gasteiger partial charge in [0.15, 0.2) is 5.82 Å². The Kier molecular flexibility index (Phi) is 4.31. The molecule has 1 fully saturated rings. The van der Waals surface area contributed by atoms with E-state index in [0.29, 0.717) is 11.9 Å². The molecule has 1 aliphatic rings. The van der Waals surface area contributed by atoms with Gasteiger partial charge in [-0.25, -0.2) is 13.8 Å². The van der Waals surface area contributed by atoms with Crippen LogP contribution in [0.5, 0.6) is 0 Å². The molecular formula is C11H14BrF2N3O. The van der Waals surface area contributed by atoms with Crippen LogP contribution in [0.15, 0.2) is 17.2 Å². The van der Waals surface area contributed by atoms with E-state index in [9.17, 15) is 13.6 Å². The molecule has 1 aromatic heterocycles. The van der Waals surface area contributed by atoms with Crippen LogP contribution in [0.4, 0.5) is 14.6 Å². The third-order valence-corrected chi connectivity index (χ3v) is 3.16. The molecule has 0 radical (unpaired) electrons. The Labute approximate surface area is 112 Å². The van der Waals surface area contributed by atoms with Gasteiger partial charge < -0.3 is 9.47 Å². The minimum atomic E-state index is -2.49. The molecule has 7 heteroatoms. The fourth-order valence-electron chi connectivity index (χ4n) is 1.82. The Morgan fingerprint density at radius 3 is 2.83 bits per heavy atom. The SMILES string of the molecule is O=c1c(N(CCBr)CC(F)F)nccn1C1CC1. The number of nitrogens with zero attached hydrogens (tertiary/aromatic N) is 3. The second-order valence-electron chi connectivity index (χ2n) is 4.22. The summed E-state index contributed by atoms with van der Waals surface area (Å²) in [7, 11) is 0. The second-order valence-corrected chi connectivity index (χ2v) is 5.01. The van der Waals surface area contributed by atoms with Crippen molar-refractivity contribution in [3.63, 3.8) is 0 Å². The molecule has 0 bridgehead atoms. The van der Waals surface area contributed by atoms with E-state index in [2.05, 4.69) is 20.9 Å². The monoisotopic (exact) mass is 321 g/mol. The van der Waals surface area contributed by atoms with Crippen LogP contribution < -0.4 is 10.5 Å². The van der Waals surface area contributed by atoms with E-state index in [4.69, 9.17) is 0 Å². The average molecular weight is 322 g/mol. The first kappa shape index (κ1) is 13.5. The summed E-state index contributed by atoms with van der Waals surface area (Å²) in [4.78, 5) is 17.4. The van der Waals surface area contributed by atoms with Gasteiger partial charge in [0.25, 0.3) is 12.0 Å². The normalized spacial score (nSPS) is 15.1. The molecule has 18 heavy (non-hydrogen) atoms. The van der Waals surface area contributed by atoms with Gasteiger partial charge >= 0.3 is 0 Å². The van der Waals surface area contributed by atoms with Gasteiger partial charge in [-0.1, -0.05) is 15.9 Å². The molecule has 1 heterocycles. The number of halogens is 3. The van der Waals surface area contributed by atoms with E-state index in [1.165, 1.54) is 11.1 Å². The van der Waals surface area contributed by atoms with Crippen LogP contribution in [0.25, 0.3) is 0 Å². The average Bonchev–Trinajstić information content (AvgIpc) is 3.12. The van der Waals surface area contributed by atoms with Gasteiger partial charge in [-0.3, -0.25) is 4.79 Å². The van der Waals surface area contributed by atoms with Crippen molar-refractivity contribution in [3.05, 3.63) is 22.7 Å². The topological polar surface area (TPSA) is 38.1 Å². The zero-order valence-corrected chi connectivity index (χ0v) is 11.3. The molecule has 1 aliphatic carbocycles. The first-order valence-electron chi connectivity index (χ1n) is 5.79. The van der Waals surface area contributed by atoms with Gasteiger partial charge in [0.05, 0.1) is 6.54 Å². The van der Waals surface area contributed by atoms with Crippen LogP contribution >= 0.6 is 15.9 Å². The highest BCUT2D eigenvalue weighted by molar-refractivity contribution is 9.09. The fraction of sp³-hybridized carbons (Fsp3) is 0.636. The highest BCUT2D eigenvalue weighted by Gasteiger charge is 2.26. The Bertz CT molecular complexity index is 462. The molecule has 0 unspecified atom stereocenters. The molecule has 0 aliphatic heterocycles. The van der Waals surface area contributed by atoms with E-state index in [0.717, 1.165) is 12.8 Å². The maximum Gasteiger partial charge on any atom is 0.293 e. The summed E-state index contributed by atoms with van der Waals surface area (Å²) in [6, 6.07) is 0.219. The minimum Gasteiger partial charge on any atom is -0.345 e. The largest absolute Gasteiger partial charge is 0.345 e. The lowest BCUT2D eigenvalue weighted by Crippen LogP contribution is -2.37. The molecule has 0 saturated heterocycles. The van der Waals surface area contributed by atoms with Crippen molar-refractivity contribution in [1.29, 1.82) is 0 Å². The molecule has 0 atom stereocenters. The van der Waals surface area contributed by atoms with Gasteiger partial charge in [0, 0.05) is 30.3 Å². The van der Waals surface area contributed by atoms with E-state index in [-0.39, 0.29) is 17.4 Å². The zero-order chi connectivity index (χ0) is 13.1. The van der Waals surface area contributed by atoms with Crippen LogP contribution in [0.1, 0.15) is 18.9 Å². The summed E-state index contributed by atoms with van der Waals surface area (Å²) in [5.74, 6) is 0.115. The molecule has 2 rings (SSSR count). The van der Waals surface area contributed by atoms with Crippen LogP contribution in [-0.2, 0) is 0 Å². The summed E-state index contributed by atoms with van der Waals surface area (Å²) in [5.41, 5.74) is -0.276. The van der Waals surface area contributed by atoms with Gasteiger partial charge in [-0.15, -0.1) is 0 Å². The van der Waals surface area contributed by atoms with Crippen molar-refractivity contribution >= 4 is 21.7 Å². The summed E-state index contributed by atoms with van der Waals surface area (Å²) >= 11 is 3.20. The van der Waals surface area contributed by atoms with Crippen molar-refractivity contribution < 1.29 is 8.78 Å². The number of aromatic nitrogens is 2. The van der Waals surface area contributed by atoms with Gasteiger partial charge in [-0.05, 0) is 12.8 Å². The number of anilines is 1. The van der Waals surface area contributed by atoms with Crippen LogP contribution in [-0.4, -0.2) is 34.4 Å². The Balaban J connectivity index is 2.28. The second kappa shape index (κ2) is 5.77. The lowest BCUT2D eigenvalue weighted by atomic mass is 10.4. The number of hydrogen-bond donors (Lipinski definition) is 0. The van der Waals surface area contributed by atoms with E-state index in [1.807, 2.05) is 0 Å². The Morgan fingerprint density at radius 1 is 1.56 bits per heavy atom. The molecule has 0 spiro atoms. The van der Waals surface area contributed by atoms with Crippen LogP contribution in [0, 0.1) is 0 Å². The van der Waals surface area contributed by atoms with Gasteiger partial charge in [0.2, 0.25) is 0 Å². The summed E-state index contributed by atoms with van der Waals surface area (Å²) in [6.07, 6.45) is 2.58. The molecule has 0 N–H and O–H groups in total. The van der Waals surface area contributed by atoms with Crippen molar-refractivity contribution in [1.82, 2.24) is 9.55 Å². The number of hydrogen-bond acceptors (Lipinski definition) is 3. The standard InChI is InChI=1S/C11H14BrF2N3O/c12-3-5-16(7-9(13)14)10-11(18)17(6-4-15-10)8-1-2-8/h4,6,8-9H,1-3,5,7H2. The third-order valence-electron chi connectivity index (χ3n) is 2.80. The Morgan fingerprint density at radius 2 is 2.28 bits per heavy atom. The molecule has 100 valence electrons. The van der Waals surface area contributed by atoms with Crippen molar-refractivity contribution in [3.8, 4) is 0 Å². The van der Waals surface area contributed by atoms with Gasteiger partial charge in [0.1, 0.15) is 0 Å². The highest BCUT2D eigenvalue weighted by Crippen LogP contribution is 2.33. The van der Waals surface area contributed by atoms with Crippen molar-refractivity contribution in [2.45, 2.75) is 25.3 Å². The molecule has 1 saturated carbocycles. The molecule has 4 nitrogen and oxygen atoms in total. The predicted molar refractivity (Wildman–Crippen MR) is 68.8 cm³/mol. The molecular weight excluding hydrogens is 308 g/mol. The first-order chi connectivity index (χ1) is 8.63. The summed E-state index contributed by atoms with van der Waals surface area (Å²) in [6.45, 7) is -0.135. The third kappa shape index (κ3) is 3.07. The van der Waals surface area contributed by atoms with Crippen LogP contribution in [0.2, 0.25) is 0 Å². The Hall–Kier alpha value is -0.980. The minimum absolute atomic E-state index is 0.115. The number of rotatable bonds is 6. The number of alkyl halides is 3. The lowest BCUT2D eigenvalue weighted by molar-refractivity contribution is 0.155. The zero-order valence-electron chi connectivity index (χ0n) is 9.73. The fourth-order valence-corrected chi connectivity index (χ4v) is 2.25. The van der Waals surface area contributed by atoms with Crippen molar-refractivity contribution in [2.24, 2.45) is 0 Å². The maximum atomic E-state index is 12.5. The molecule has 0 aromatic carbocycles. The van der Waals surface area contributed by atoms with E-state index >= 15 is 0 Å². The van der Waals surface area contributed by atoms with E-state index in [1.54, 1.807) is 10.8 Å². The van der Waals surface area contributed by atoms with Crippen molar-refractivity contribution in [2.75, 3.05) is 23.3 Å². The van der Waals surface area contributed by atoms with Gasteiger partial charge in [-0.2, -0.15) is 0 Å². The summed E-state index contributed by atoms with van der Waals surface area (Å²) < 4.78 is 26.6. The molecule has 1 aromatic rings. The highest BCUT2D eigenvalue weighted by atomic mass is 79.9. The van der Waals surface area contributed by atoms with E-state index < -0.39 is 13.0 Å². The maximum absolute atomic E-state index is 12.5.